The van der Waals surface area contributed by atoms with E-state index in [2.05, 4.69) is 53.3 Å². The van der Waals surface area contributed by atoms with Crippen LogP contribution in [0.5, 0.6) is 0 Å². The van der Waals surface area contributed by atoms with Crippen LogP contribution in [-0.4, -0.2) is 94.6 Å². The van der Waals surface area contributed by atoms with Gasteiger partial charge in [-0.3, -0.25) is 0 Å². The Hall–Kier alpha value is -0.660. The SMILES string of the molecule is CC#CCNC(=O)OCCCCOCSSC(C)(C)CCOC(=O)NCCOCCOCCNCSS. The lowest BCUT2D eigenvalue weighted by molar-refractivity contribution is 0.0496. The van der Waals surface area contributed by atoms with E-state index in [0.717, 1.165) is 31.7 Å². The third-order valence-corrected chi connectivity index (χ3v) is 8.00. The van der Waals surface area contributed by atoms with Gasteiger partial charge in [-0.15, -0.1) is 17.6 Å². The maximum absolute atomic E-state index is 11.8. The highest BCUT2D eigenvalue weighted by Crippen LogP contribution is 2.37. The summed E-state index contributed by atoms with van der Waals surface area (Å²) in [6, 6.07) is 0. The molecule has 0 aromatic rings. The lowest BCUT2D eigenvalue weighted by atomic mass is 10.1. The molecular formula is C23H43N3O7S4. The molecule has 0 heterocycles. The second-order valence-electron chi connectivity index (χ2n) is 7.92. The molecule has 0 saturated heterocycles. The van der Waals surface area contributed by atoms with Crippen LogP contribution in [0.25, 0.3) is 0 Å². The fraction of sp³-hybridized carbons (Fsp3) is 0.826. The summed E-state index contributed by atoms with van der Waals surface area (Å²) >= 11 is 4.03. The first kappa shape index (κ1) is 36.3. The highest BCUT2D eigenvalue weighted by atomic mass is 33.1. The first-order valence-corrected chi connectivity index (χ1v) is 16.5. The first-order valence-electron chi connectivity index (χ1n) is 12.1. The number of carbonyl (C=O) groups excluding carboxylic acids is 2. The second kappa shape index (κ2) is 26.9. The number of carbonyl (C=O) groups is 2. The molecule has 0 aromatic carbocycles. The van der Waals surface area contributed by atoms with E-state index in [4.69, 9.17) is 23.7 Å². The number of rotatable bonds is 24. The number of hydrogen-bond acceptors (Lipinski definition) is 12. The summed E-state index contributed by atoms with van der Waals surface area (Å²) in [5, 5.41) is 8.37. The average molecular weight is 602 g/mol. The van der Waals surface area contributed by atoms with Crippen LogP contribution in [0.4, 0.5) is 9.59 Å². The third kappa shape index (κ3) is 28.2. The van der Waals surface area contributed by atoms with Gasteiger partial charge in [0.05, 0.1) is 52.1 Å². The summed E-state index contributed by atoms with van der Waals surface area (Å²) in [4.78, 5) is 23.1. The number of ether oxygens (including phenoxy) is 5. The minimum Gasteiger partial charge on any atom is -0.450 e. The zero-order valence-electron chi connectivity index (χ0n) is 22.1. The molecule has 3 N–H and O–H groups in total. The minimum atomic E-state index is -0.450. The number of unbranched alkanes of at least 4 members (excludes halogenated alkanes) is 1. The van der Waals surface area contributed by atoms with Crippen molar-refractivity contribution in [1.82, 2.24) is 16.0 Å². The highest BCUT2D eigenvalue weighted by molar-refractivity contribution is 8.77. The van der Waals surface area contributed by atoms with Gasteiger partial charge in [-0.2, -0.15) is 0 Å². The minimum absolute atomic E-state index is 0.0676. The Kier molecular flexibility index (Phi) is 26.4. The van der Waals surface area contributed by atoms with Crippen molar-refractivity contribution in [2.45, 2.75) is 44.8 Å². The van der Waals surface area contributed by atoms with Gasteiger partial charge in [-0.1, -0.05) is 38.3 Å². The topological polar surface area (TPSA) is 116 Å². The normalized spacial score (nSPS) is 10.9. The lowest BCUT2D eigenvalue weighted by Gasteiger charge is -2.22. The van der Waals surface area contributed by atoms with Crippen LogP contribution in [0.15, 0.2) is 0 Å². The van der Waals surface area contributed by atoms with Gasteiger partial charge in [0.2, 0.25) is 0 Å². The Labute approximate surface area is 239 Å². The molecule has 0 saturated carbocycles. The number of hydrogen-bond donors (Lipinski definition) is 4. The highest BCUT2D eigenvalue weighted by Gasteiger charge is 2.19. The van der Waals surface area contributed by atoms with Crippen molar-refractivity contribution in [3.8, 4) is 11.8 Å². The van der Waals surface area contributed by atoms with Crippen molar-refractivity contribution in [2.75, 3.05) is 77.7 Å². The molecule has 0 unspecified atom stereocenters. The predicted octanol–water partition coefficient (Wildman–Crippen LogP) is 3.92. The molecule has 216 valence electrons. The van der Waals surface area contributed by atoms with Crippen molar-refractivity contribution < 1.29 is 33.3 Å². The van der Waals surface area contributed by atoms with Gasteiger partial charge in [0.1, 0.15) is 5.94 Å². The Morgan fingerprint density at radius 3 is 2.27 bits per heavy atom. The van der Waals surface area contributed by atoms with E-state index in [0.29, 0.717) is 65.3 Å². The van der Waals surface area contributed by atoms with Crippen LogP contribution in [0, 0.1) is 11.8 Å². The molecule has 0 aliphatic carbocycles. The van der Waals surface area contributed by atoms with E-state index in [9.17, 15) is 9.59 Å². The molecule has 0 atom stereocenters. The summed E-state index contributed by atoms with van der Waals surface area (Å²) < 4.78 is 26.6. The third-order valence-electron chi connectivity index (χ3n) is 4.24. The zero-order chi connectivity index (χ0) is 27.5. The summed E-state index contributed by atoms with van der Waals surface area (Å²) in [6.07, 6.45) is 1.38. The van der Waals surface area contributed by atoms with Gasteiger partial charge in [0.15, 0.2) is 0 Å². The van der Waals surface area contributed by atoms with E-state index < -0.39 is 12.2 Å². The van der Waals surface area contributed by atoms with Crippen molar-refractivity contribution in [3.05, 3.63) is 0 Å². The van der Waals surface area contributed by atoms with Crippen LogP contribution < -0.4 is 16.0 Å². The number of nitrogens with one attached hydrogen (secondary N) is 3. The van der Waals surface area contributed by atoms with Crippen molar-refractivity contribution in [3.63, 3.8) is 0 Å². The maximum Gasteiger partial charge on any atom is 0.407 e. The smallest absolute Gasteiger partial charge is 0.407 e. The molecule has 0 aliphatic heterocycles. The average Bonchev–Trinajstić information content (AvgIpc) is 2.86. The molecule has 37 heavy (non-hydrogen) atoms. The fourth-order valence-corrected chi connectivity index (χ4v) is 5.08. The molecule has 0 fully saturated rings. The monoisotopic (exact) mass is 601 g/mol. The van der Waals surface area contributed by atoms with Crippen molar-refractivity contribution in [2.24, 2.45) is 0 Å². The molecular weight excluding hydrogens is 559 g/mol. The van der Waals surface area contributed by atoms with Crippen LogP contribution in [0.1, 0.15) is 40.0 Å². The number of thiol groups is 1. The Morgan fingerprint density at radius 2 is 1.54 bits per heavy atom. The second-order valence-corrected chi connectivity index (χ2v) is 12.2. The molecule has 10 nitrogen and oxygen atoms in total. The molecule has 0 aliphatic rings. The quantitative estimate of drug-likeness (QED) is 0.0424. The Bertz CT molecular complexity index is 637. The molecule has 0 rings (SSSR count). The van der Waals surface area contributed by atoms with E-state index in [1.165, 1.54) is 10.8 Å². The van der Waals surface area contributed by atoms with Gasteiger partial charge in [-0.05, 0) is 40.0 Å². The van der Waals surface area contributed by atoms with Crippen molar-refractivity contribution in [1.29, 1.82) is 0 Å². The van der Waals surface area contributed by atoms with Gasteiger partial charge < -0.3 is 39.6 Å². The molecule has 0 spiro atoms. The Balaban J connectivity index is 3.50. The summed E-state index contributed by atoms with van der Waals surface area (Å²) in [5.41, 5.74) is 0. The van der Waals surface area contributed by atoms with E-state index in [1.54, 1.807) is 28.5 Å². The van der Waals surface area contributed by atoms with Gasteiger partial charge >= 0.3 is 12.2 Å². The van der Waals surface area contributed by atoms with Crippen LogP contribution in [0.3, 0.4) is 0 Å². The Morgan fingerprint density at radius 1 is 0.865 bits per heavy atom. The van der Waals surface area contributed by atoms with E-state index in [1.807, 2.05) is 0 Å². The van der Waals surface area contributed by atoms with E-state index >= 15 is 0 Å². The lowest BCUT2D eigenvalue weighted by Crippen LogP contribution is -2.29. The summed E-state index contributed by atoms with van der Waals surface area (Å²) in [6.45, 7) is 10.7. The molecule has 0 radical (unpaired) electrons. The molecule has 2 amide bonds. The van der Waals surface area contributed by atoms with Gasteiger partial charge in [0, 0.05) is 24.4 Å². The van der Waals surface area contributed by atoms with Crippen LogP contribution in [-0.2, 0) is 23.7 Å². The molecule has 0 aromatic heterocycles. The molecule has 14 heteroatoms. The van der Waals surface area contributed by atoms with Gasteiger partial charge in [-0.25, -0.2) is 9.59 Å². The fourth-order valence-electron chi connectivity index (χ4n) is 2.29. The first-order chi connectivity index (χ1) is 17.9. The van der Waals surface area contributed by atoms with Crippen LogP contribution >= 0.6 is 44.0 Å². The molecule has 0 bridgehead atoms. The zero-order valence-corrected chi connectivity index (χ0v) is 25.5. The van der Waals surface area contributed by atoms with Crippen LogP contribution in [0.2, 0.25) is 0 Å². The van der Waals surface area contributed by atoms with E-state index in [-0.39, 0.29) is 4.75 Å². The summed E-state index contributed by atoms with van der Waals surface area (Å²) in [7, 11) is 4.76. The van der Waals surface area contributed by atoms with Gasteiger partial charge in [0.25, 0.3) is 0 Å². The predicted molar refractivity (Wildman–Crippen MR) is 157 cm³/mol. The maximum atomic E-state index is 11.8. The standard InChI is InChI=1S/C23H43N3O7S4/c1-4-5-9-25-21(27)32-13-7-6-12-31-20-36-37-23(2,3)8-14-33-22(28)26-11-16-30-18-17-29-15-10-24-19-35-34/h24,34H,6-20H2,1-3H3,(H,25,27)(H,26,28). The largest absolute Gasteiger partial charge is 0.450 e. The number of amides is 2. The summed E-state index contributed by atoms with van der Waals surface area (Å²) in [5.74, 6) is 6.77. The number of alkyl carbamates (subject to hydrolysis) is 2. The van der Waals surface area contributed by atoms with Crippen molar-refractivity contribution >= 4 is 56.2 Å².